The molecule has 0 aliphatic rings. The molecule has 0 radical (unpaired) electrons. The van der Waals surface area contributed by atoms with Crippen molar-refractivity contribution >= 4 is 0 Å². The van der Waals surface area contributed by atoms with Gasteiger partial charge >= 0.3 is 0 Å². The molecule has 0 fully saturated rings. The van der Waals surface area contributed by atoms with E-state index in [1.54, 1.807) is 0 Å². The predicted octanol–water partition coefficient (Wildman–Crippen LogP) is 2.21. The summed E-state index contributed by atoms with van der Waals surface area (Å²) in [5, 5.41) is 3.21. The minimum atomic E-state index is 0. The van der Waals surface area contributed by atoms with Crippen molar-refractivity contribution in [3.05, 3.63) is 0 Å². The van der Waals surface area contributed by atoms with Crippen molar-refractivity contribution in [2.75, 3.05) is 33.7 Å². The molecule has 2 heteroatoms. The summed E-state index contributed by atoms with van der Waals surface area (Å²) in [6.07, 6.45) is 2.56. The average molecular weight is 188 g/mol. The van der Waals surface area contributed by atoms with E-state index in [1.165, 1.54) is 19.4 Å². The summed E-state index contributed by atoms with van der Waals surface area (Å²) in [4.78, 5) is 2.38. The van der Waals surface area contributed by atoms with Crippen molar-refractivity contribution in [2.45, 2.75) is 33.6 Å². The second-order valence-corrected chi connectivity index (χ2v) is 4.66. The Morgan fingerprint density at radius 2 is 1.92 bits per heavy atom. The molecule has 0 aliphatic heterocycles. The van der Waals surface area contributed by atoms with Crippen molar-refractivity contribution in [3.63, 3.8) is 0 Å². The monoisotopic (exact) mass is 188 g/mol. The Labute approximate surface area is 85.2 Å². The van der Waals surface area contributed by atoms with E-state index < -0.39 is 0 Å². The van der Waals surface area contributed by atoms with Crippen molar-refractivity contribution in [1.29, 1.82) is 0 Å². The number of hydrogen-bond donors (Lipinski definition) is 1. The molecule has 0 rings (SSSR count). The largest absolute Gasteiger partial charge is 0.320 e. The fourth-order valence-corrected chi connectivity index (χ4v) is 1.24. The highest BCUT2D eigenvalue weighted by molar-refractivity contribution is 4.70. The van der Waals surface area contributed by atoms with Crippen LogP contribution in [0, 0.1) is 5.41 Å². The molecule has 0 aromatic carbocycles. The second kappa shape index (κ2) is 6.39. The third kappa shape index (κ3) is 7.03. The second-order valence-electron chi connectivity index (χ2n) is 4.66. The first-order valence-electron chi connectivity index (χ1n) is 5.35. The van der Waals surface area contributed by atoms with Crippen LogP contribution in [-0.4, -0.2) is 38.6 Å². The number of hydrogen-bond acceptors (Lipinski definition) is 2. The van der Waals surface area contributed by atoms with E-state index in [4.69, 9.17) is 0 Å². The van der Waals surface area contributed by atoms with Gasteiger partial charge in [0.25, 0.3) is 0 Å². The molecule has 0 aromatic rings. The molecular formula is C11H28N2. The molecule has 0 spiro atoms. The maximum Gasteiger partial charge on any atom is 0 e. The average Bonchev–Trinajstić information content (AvgIpc) is 2.11. The van der Waals surface area contributed by atoms with Crippen LogP contribution in [0.5, 0.6) is 0 Å². The summed E-state index contributed by atoms with van der Waals surface area (Å²) < 4.78 is 0. The van der Waals surface area contributed by atoms with Gasteiger partial charge in [-0.2, -0.15) is 0 Å². The quantitative estimate of drug-likeness (QED) is 0.659. The van der Waals surface area contributed by atoms with Gasteiger partial charge in [0, 0.05) is 1.43 Å². The van der Waals surface area contributed by atoms with Gasteiger partial charge in [-0.1, -0.05) is 20.8 Å². The van der Waals surface area contributed by atoms with Gasteiger partial charge in [-0.05, 0) is 52.0 Å². The molecule has 0 atom stereocenters. The molecule has 0 saturated carbocycles. The van der Waals surface area contributed by atoms with Gasteiger partial charge in [0.15, 0.2) is 0 Å². The van der Waals surface area contributed by atoms with E-state index in [1.807, 2.05) is 7.05 Å². The first-order valence-corrected chi connectivity index (χ1v) is 5.35. The molecule has 0 unspecified atom stereocenters. The van der Waals surface area contributed by atoms with Crippen molar-refractivity contribution in [1.82, 2.24) is 10.2 Å². The van der Waals surface area contributed by atoms with Crippen LogP contribution in [-0.2, 0) is 0 Å². The molecule has 0 aromatic heterocycles. The Kier molecular flexibility index (Phi) is 6.35. The van der Waals surface area contributed by atoms with E-state index >= 15 is 0 Å². The van der Waals surface area contributed by atoms with Crippen molar-refractivity contribution in [2.24, 2.45) is 5.41 Å². The molecule has 0 bridgehead atoms. The molecule has 82 valence electrons. The Balaban J connectivity index is 0. The van der Waals surface area contributed by atoms with Crippen LogP contribution in [0.15, 0.2) is 0 Å². The zero-order chi connectivity index (χ0) is 10.3. The number of nitrogens with one attached hydrogen (secondary N) is 1. The van der Waals surface area contributed by atoms with E-state index in [9.17, 15) is 0 Å². The van der Waals surface area contributed by atoms with Gasteiger partial charge in [-0.3, -0.25) is 0 Å². The summed E-state index contributed by atoms with van der Waals surface area (Å²) in [5.41, 5.74) is 0.479. The molecule has 1 N–H and O–H groups in total. The van der Waals surface area contributed by atoms with Gasteiger partial charge in [0.05, 0.1) is 0 Å². The van der Waals surface area contributed by atoms with E-state index in [0.29, 0.717) is 5.41 Å². The van der Waals surface area contributed by atoms with Crippen molar-refractivity contribution in [3.8, 4) is 0 Å². The maximum atomic E-state index is 3.21. The summed E-state index contributed by atoms with van der Waals surface area (Å²) >= 11 is 0. The van der Waals surface area contributed by atoms with Crippen molar-refractivity contribution < 1.29 is 1.43 Å². The van der Waals surface area contributed by atoms with E-state index in [0.717, 1.165) is 13.1 Å². The third-order valence-electron chi connectivity index (χ3n) is 2.76. The van der Waals surface area contributed by atoms with E-state index in [2.05, 4.69) is 38.0 Å². The zero-order valence-corrected chi connectivity index (χ0v) is 9.98. The zero-order valence-electron chi connectivity index (χ0n) is 9.98. The number of rotatable bonds is 7. The summed E-state index contributed by atoms with van der Waals surface area (Å²) in [7, 11) is 4.21. The minimum absolute atomic E-state index is 0. The topological polar surface area (TPSA) is 15.3 Å². The fraction of sp³-hybridized carbons (Fsp3) is 1.00. The first kappa shape index (κ1) is 12.9. The maximum absolute atomic E-state index is 3.21. The van der Waals surface area contributed by atoms with Crippen LogP contribution in [0.2, 0.25) is 0 Å². The Bertz CT molecular complexity index is 126. The Morgan fingerprint density at radius 3 is 2.38 bits per heavy atom. The van der Waals surface area contributed by atoms with Crippen LogP contribution in [0.4, 0.5) is 0 Å². The highest BCUT2D eigenvalue weighted by Gasteiger charge is 2.16. The molecule has 0 heterocycles. The SMILES string of the molecule is CCN(C)CCC(C)(C)CCNC.[HH]. The smallest absolute Gasteiger partial charge is 0 e. The van der Waals surface area contributed by atoms with Crippen LogP contribution in [0.1, 0.15) is 35.0 Å². The lowest BCUT2D eigenvalue weighted by molar-refractivity contribution is 0.241. The molecule has 0 saturated heterocycles. The highest BCUT2D eigenvalue weighted by atomic mass is 15.1. The third-order valence-corrected chi connectivity index (χ3v) is 2.76. The fourth-order valence-electron chi connectivity index (χ4n) is 1.24. The standard InChI is InChI=1S/C11H26N2.H2/c1-6-13(5)10-8-11(2,3)7-9-12-4;/h12H,6-10H2,1-5H3;1H. The molecule has 0 amide bonds. The van der Waals surface area contributed by atoms with E-state index in [-0.39, 0.29) is 1.43 Å². The predicted molar refractivity (Wildman–Crippen MR) is 62.2 cm³/mol. The lowest BCUT2D eigenvalue weighted by Gasteiger charge is -2.27. The summed E-state index contributed by atoms with van der Waals surface area (Å²) in [6.45, 7) is 10.4. The molecule has 13 heavy (non-hydrogen) atoms. The number of nitrogens with zero attached hydrogens (tertiary/aromatic N) is 1. The first-order chi connectivity index (χ1) is 6.02. The Hall–Kier alpha value is -0.0800. The lowest BCUT2D eigenvalue weighted by atomic mass is 9.85. The highest BCUT2D eigenvalue weighted by Crippen LogP contribution is 2.24. The van der Waals surface area contributed by atoms with Crippen LogP contribution in [0.3, 0.4) is 0 Å². The lowest BCUT2D eigenvalue weighted by Crippen LogP contribution is -2.26. The van der Waals surface area contributed by atoms with Crippen LogP contribution >= 0.6 is 0 Å². The molecule has 0 aliphatic carbocycles. The minimum Gasteiger partial charge on any atom is -0.320 e. The summed E-state index contributed by atoms with van der Waals surface area (Å²) in [6, 6.07) is 0. The summed E-state index contributed by atoms with van der Waals surface area (Å²) in [5.74, 6) is 0. The van der Waals surface area contributed by atoms with Crippen LogP contribution in [0.25, 0.3) is 0 Å². The molecular weight excluding hydrogens is 160 g/mol. The van der Waals surface area contributed by atoms with Gasteiger partial charge < -0.3 is 10.2 Å². The van der Waals surface area contributed by atoms with Gasteiger partial charge in [-0.25, -0.2) is 0 Å². The van der Waals surface area contributed by atoms with Gasteiger partial charge in [-0.15, -0.1) is 0 Å². The van der Waals surface area contributed by atoms with Gasteiger partial charge in [0.1, 0.15) is 0 Å². The van der Waals surface area contributed by atoms with Gasteiger partial charge in [0.2, 0.25) is 0 Å². The normalized spacial score (nSPS) is 12.5. The van der Waals surface area contributed by atoms with Crippen LogP contribution < -0.4 is 5.32 Å². The Morgan fingerprint density at radius 1 is 1.31 bits per heavy atom. The molecule has 2 nitrogen and oxygen atoms in total.